The van der Waals surface area contributed by atoms with E-state index in [9.17, 15) is 9.59 Å². The molecule has 6 heteroatoms. The summed E-state index contributed by atoms with van der Waals surface area (Å²) in [5.41, 5.74) is 1.06. The zero-order chi connectivity index (χ0) is 18.7. The molecule has 4 nitrogen and oxygen atoms in total. The van der Waals surface area contributed by atoms with Crippen LogP contribution in [-0.2, 0) is 6.54 Å². The molecule has 0 fully saturated rings. The van der Waals surface area contributed by atoms with Crippen molar-refractivity contribution < 1.29 is 4.79 Å². The van der Waals surface area contributed by atoms with E-state index in [0.29, 0.717) is 33.2 Å². The molecule has 0 saturated carbocycles. The van der Waals surface area contributed by atoms with Crippen molar-refractivity contribution in [2.45, 2.75) is 23.9 Å². The number of carbonyl (C=O) groups is 1. The molecule has 0 aliphatic heterocycles. The van der Waals surface area contributed by atoms with E-state index in [1.807, 2.05) is 12.1 Å². The van der Waals surface area contributed by atoms with Crippen molar-refractivity contribution in [3.63, 3.8) is 0 Å². The van der Waals surface area contributed by atoms with E-state index < -0.39 is 5.25 Å². The molecular weight excluding hydrogens is 368 g/mol. The summed E-state index contributed by atoms with van der Waals surface area (Å²) in [7, 11) is 0. The maximum Gasteiger partial charge on any atom is 0.262 e. The molecule has 0 aliphatic carbocycles. The number of hydrogen-bond donors (Lipinski definition) is 0. The summed E-state index contributed by atoms with van der Waals surface area (Å²) in [5, 5.41) is 1.23. The first-order chi connectivity index (χ1) is 12.5. The van der Waals surface area contributed by atoms with E-state index in [1.165, 1.54) is 11.8 Å². The lowest BCUT2D eigenvalue weighted by atomic mass is 10.1. The van der Waals surface area contributed by atoms with Gasteiger partial charge in [-0.3, -0.25) is 14.2 Å². The van der Waals surface area contributed by atoms with Gasteiger partial charge in [-0.05, 0) is 43.3 Å². The van der Waals surface area contributed by atoms with Crippen molar-refractivity contribution in [3.8, 4) is 0 Å². The molecular formula is C20H17ClN2O2S. The summed E-state index contributed by atoms with van der Waals surface area (Å²) in [6.07, 6.45) is 1.65. The average molecular weight is 385 g/mol. The fraction of sp³-hybridized carbons (Fsp3) is 0.150. The van der Waals surface area contributed by atoms with E-state index in [2.05, 4.69) is 11.6 Å². The van der Waals surface area contributed by atoms with Crippen LogP contribution in [0, 0.1) is 0 Å². The first-order valence-electron chi connectivity index (χ1n) is 8.08. The lowest BCUT2D eigenvalue weighted by Gasteiger charge is -2.15. The van der Waals surface area contributed by atoms with Gasteiger partial charge < -0.3 is 0 Å². The number of carbonyl (C=O) groups excluding carboxylic acids is 1. The quantitative estimate of drug-likeness (QED) is 0.270. The van der Waals surface area contributed by atoms with E-state index in [1.54, 1.807) is 54.0 Å². The smallest absolute Gasteiger partial charge is 0.262 e. The highest BCUT2D eigenvalue weighted by molar-refractivity contribution is 8.00. The van der Waals surface area contributed by atoms with Crippen LogP contribution in [0.15, 0.2) is 71.1 Å². The Kier molecular flexibility index (Phi) is 5.59. The molecule has 1 heterocycles. The fourth-order valence-corrected chi connectivity index (χ4v) is 3.71. The molecule has 0 N–H and O–H groups in total. The zero-order valence-corrected chi connectivity index (χ0v) is 15.8. The first-order valence-corrected chi connectivity index (χ1v) is 9.34. The number of benzene rings is 2. The van der Waals surface area contributed by atoms with Gasteiger partial charge in [0.2, 0.25) is 0 Å². The van der Waals surface area contributed by atoms with Gasteiger partial charge in [0.25, 0.3) is 5.56 Å². The molecule has 1 unspecified atom stereocenters. The van der Waals surface area contributed by atoms with Gasteiger partial charge in [-0.25, -0.2) is 4.98 Å². The Morgan fingerprint density at radius 2 is 1.96 bits per heavy atom. The Balaban J connectivity index is 1.97. The summed E-state index contributed by atoms with van der Waals surface area (Å²) < 4.78 is 1.55. The molecule has 0 bridgehead atoms. The average Bonchev–Trinajstić information content (AvgIpc) is 2.65. The van der Waals surface area contributed by atoms with Crippen LogP contribution in [0.25, 0.3) is 10.9 Å². The summed E-state index contributed by atoms with van der Waals surface area (Å²) in [6.45, 7) is 5.85. The molecule has 0 spiro atoms. The predicted octanol–water partition coefficient (Wildman–Crippen LogP) is 4.60. The monoisotopic (exact) mass is 384 g/mol. The summed E-state index contributed by atoms with van der Waals surface area (Å²) in [4.78, 5) is 30.0. The largest absolute Gasteiger partial charge is 0.293 e. The molecule has 26 heavy (non-hydrogen) atoms. The Hall–Kier alpha value is -2.37. The van der Waals surface area contributed by atoms with E-state index in [-0.39, 0.29) is 11.3 Å². The molecule has 132 valence electrons. The van der Waals surface area contributed by atoms with Gasteiger partial charge in [-0.2, -0.15) is 0 Å². The molecule has 2 aromatic carbocycles. The van der Waals surface area contributed by atoms with Crippen LogP contribution in [0.3, 0.4) is 0 Å². The third-order valence-electron chi connectivity index (χ3n) is 3.92. The number of para-hydroxylation sites is 1. The Morgan fingerprint density at radius 3 is 2.65 bits per heavy atom. The van der Waals surface area contributed by atoms with Gasteiger partial charge in [0.05, 0.1) is 16.2 Å². The second-order valence-corrected chi connectivity index (χ2v) is 7.49. The Bertz CT molecular complexity index is 1030. The normalized spacial score (nSPS) is 12.1. The van der Waals surface area contributed by atoms with Gasteiger partial charge >= 0.3 is 0 Å². The van der Waals surface area contributed by atoms with Crippen LogP contribution in [0.4, 0.5) is 0 Å². The molecule has 1 atom stereocenters. The van der Waals surface area contributed by atoms with E-state index in [0.717, 1.165) is 0 Å². The van der Waals surface area contributed by atoms with Crippen LogP contribution in [0.2, 0.25) is 5.02 Å². The van der Waals surface area contributed by atoms with Crippen molar-refractivity contribution in [1.82, 2.24) is 9.55 Å². The number of fused-ring (bicyclic) bond motifs is 1. The highest BCUT2D eigenvalue weighted by atomic mass is 35.5. The van der Waals surface area contributed by atoms with Crippen LogP contribution in [0.5, 0.6) is 0 Å². The van der Waals surface area contributed by atoms with Crippen molar-refractivity contribution in [2.24, 2.45) is 0 Å². The number of nitrogens with zero attached hydrogens (tertiary/aromatic N) is 2. The standard InChI is InChI=1S/C20H17ClN2O2S/c1-3-12-23-19(25)16-6-4-5-7-17(16)22-20(23)26-13(2)18(24)14-8-10-15(21)11-9-14/h3-11,13H,1,12H2,2H3. The maximum atomic E-state index is 12.8. The topological polar surface area (TPSA) is 52.0 Å². The number of aromatic nitrogens is 2. The maximum absolute atomic E-state index is 12.8. The fourth-order valence-electron chi connectivity index (χ4n) is 2.59. The Morgan fingerprint density at radius 1 is 1.27 bits per heavy atom. The summed E-state index contributed by atoms with van der Waals surface area (Å²) in [5.74, 6) is -0.0424. The molecule has 0 saturated heterocycles. The minimum absolute atomic E-state index is 0.0424. The zero-order valence-electron chi connectivity index (χ0n) is 14.2. The number of allylic oxidation sites excluding steroid dienone is 1. The Labute approximate surface area is 160 Å². The van der Waals surface area contributed by atoms with Gasteiger partial charge in [0, 0.05) is 17.1 Å². The number of Topliss-reactive ketones (excluding diaryl/α,β-unsaturated/α-hetero) is 1. The lowest BCUT2D eigenvalue weighted by Crippen LogP contribution is -2.24. The predicted molar refractivity (Wildman–Crippen MR) is 107 cm³/mol. The molecule has 0 radical (unpaired) electrons. The molecule has 0 aliphatic rings. The second-order valence-electron chi connectivity index (χ2n) is 5.75. The lowest BCUT2D eigenvalue weighted by molar-refractivity contribution is 0.0994. The third kappa shape index (κ3) is 3.74. The third-order valence-corrected chi connectivity index (χ3v) is 5.26. The van der Waals surface area contributed by atoms with Crippen molar-refractivity contribution in [1.29, 1.82) is 0 Å². The number of halogens is 1. The number of rotatable bonds is 6. The van der Waals surface area contributed by atoms with Crippen LogP contribution in [0.1, 0.15) is 17.3 Å². The van der Waals surface area contributed by atoms with Crippen LogP contribution < -0.4 is 5.56 Å². The van der Waals surface area contributed by atoms with Crippen molar-refractivity contribution in [3.05, 3.63) is 82.1 Å². The van der Waals surface area contributed by atoms with E-state index in [4.69, 9.17) is 11.6 Å². The van der Waals surface area contributed by atoms with Gasteiger partial charge in [-0.1, -0.05) is 41.6 Å². The number of ketones is 1. The first kappa shape index (κ1) is 18.4. The highest BCUT2D eigenvalue weighted by Gasteiger charge is 2.20. The number of thioether (sulfide) groups is 1. The highest BCUT2D eigenvalue weighted by Crippen LogP contribution is 2.25. The minimum Gasteiger partial charge on any atom is -0.293 e. The number of hydrogen-bond acceptors (Lipinski definition) is 4. The molecule has 0 amide bonds. The second kappa shape index (κ2) is 7.89. The SMILES string of the molecule is C=CCn1c(SC(C)C(=O)c2ccc(Cl)cc2)nc2ccccc2c1=O. The van der Waals surface area contributed by atoms with Crippen molar-refractivity contribution >= 4 is 40.0 Å². The van der Waals surface area contributed by atoms with Gasteiger partial charge in [0.1, 0.15) is 0 Å². The molecule has 3 aromatic rings. The van der Waals surface area contributed by atoms with Gasteiger partial charge in [0.15, 0.2) is 10.9 Å². The summed E-state index contributed by atoms with van der Waals surface area (Å²) >= 11 is 7.15. The van der Waals surface area contributed by atoms with E-state index >= 15 is 0 Å². The van der Waals surface area contributed by atoms with Crippen LogP contribution >= 0.6 is 23.4 Å². The van der Waals surface area contributed by atoms with Crippen molar-refractivity contribution in [2.75, 3.05) is 0 Å². The molecule has 3 rings (SSSR count). The summed E-state index contributed by atoms with van der Waals surface area (Å²) in [6, 6.07) is 14.0. The minimum atomic E-state index is -0.402. The van der Waals surface area contributed by atoms with Gasteiger partial charge in [-0.15, -0.1) is 6.58 Å². The molecule has 1 aromatic heterocycles. The van der Waals surface area contributed by atoms with Crippen LogP contribution in [-0.4, -0.2) is 20.6 Å².